The van der Waals surface area contributed by atoms with Gasteiger partial charge in [0.05, 0.1) is 0 Å². The van der Waals surface area contributed by atoms with Crippen molar-refractivity contribution < 1.29 is 20.6 Å². The Morgan fingerprint density at radius 2 is 1.62 bits per heavy atom. The maximum atomic E-state index is 3.39. The molecule has 8 heavy (non-hydrogen) atoms. The Morgan fingerprint density at radius 1 is 1.25 bits per heavy atom. The van der Waals surface area contributed by atoms with Gasteiger partial charge in [-0.15, -0.1) is 0 Å². The second-order valence-electron chi connectivity index (χ2n) is 1.75. The molecule has 2 nitrogen and oxygen atoms in total. The van der Waals surface area contributed by atoms with E-state index < -0.39 is 0 Å². The molecule has 3 heteroatoms. The molecule has 0 atom stereocenters. The average molecular weight is 204 g/mol. The molecule has 0 fully saturated rings. The van der Waals surface area contributed by atoms with Crippen LogP contribution in [0.15, 0.2) is 12.4 Å². The number of nitrogens with zero attached hydrogens (tertiary/aromatic N) is 2. The summed E-state index contributed by atoms with van der Waals surface area (Å²) in [6, 6.07) is 0. The summed E-state index contributed by atoms with van der Waals surface area (Å²) >= 11 is 3.39. The van der Waals surface area contributed by atoms with E-state index in [2.05, 4.69) is 20.6 Å². The van der Waals surface area contributed by atoms with Crippen LogP contribution in [0.2, 0.25) is 0 Å². The van der Waals surface area contributed by atoms with E-state index in [-0.39, 0.29) is 0 Å². The van der Waals surface area contributed by atoms with Crippen LogP contribution in [-0.2, 0) is 34.7 Å². The molecule has 0 aliphatic heterocycles. The molecule has 0 spiro atoms. The first-order valence-corrected chi connectivity index (χ1v) is 3.08. The molecule has 0 radical (unpaired) electrons. The second kappa shape index (κ2) is 2.05. The van der Waals surface area contributed by atoms with Crippen LogP contribution in [0.25, 0.3) is 0 Å². The number of hydrogen-bond donors (Lipinski definition) is 0. The zero-order chi connectivity index (χ0) is 6.15. The normalized spacial score (nSPS) is 10.0. The van der Waals surface area contributed by atoms with Crippen LogP contribution < -0.4 is 0 Å². The minimum absolute atomic E-state index is 1.08. The zero-order valence-electron chi connectivity index (χ0n) is 4.85. The number of aryl methyl sites for hydroxylation is 2. The van der Waals surface area contributed by atoms with E-state index in [0.29, 0.717) is 0 Å². The van der Waals surface area contributed by atoms with Gasteiger partial charge in [0.25, 0.3) is 0 Å². The Kier molecular flexibility index (Phi) is 1.56. The summed E-state index contributed by atoms with van der Waals surface area (Å²) in [7, 11) is 3.98. The average Bonchev–Trinajstić information content (AvgIpc) is 1.98. The Hall–Kier alpha value is -0.0497. The zero-order valence-corrected chi connectivity index (χ0v) is 6.33. The van der Waals surface area contributed by atoms with Gasteiger partial charge in [-0.25, -0.2) is 0 Å². The number of hydrogen-bond acceptors (Lipinski definition) is 0. The molecule has 0 unspecified atom stereocenters. The first-order valence-electron chi connectivity index (χ1n) is 2.34. The SMILES string of the molecule is Cn1ccn(C)[c]1=[Ag]. The standard InChI is InChI=1S/C5H8N2.Ag/c1-6-3-4-7(2)5-6;/h3-4H,1-2H3;. The van der Waals surface area contributed by atoms with Gasteiger partial charge in [-0.05, 0) is 0 Å². The summed E-state index contributed by atoms with van der Waals surface area (Å²) in [6.07, 6.45) is 3.98. The Balaban J connectivity index is 3.42. The monoisotopic (exact) mass is 203 g/mol. The van der Waals surface area contributed by atoms with E-state index in [1.807, 2.05) is 35.6 Å². The quantitative estimate of drug-likeness (QED) is 0.542. The van der Waals surface area contributed by atoms with E-state index in [0.717, 1.165) is 3.63 Å². The van der Waals surface area contributed by atoms with Crippen LogP contribution in [0.4, 0.5) is 0 Å². The van der Waals surface area contributed by atoms with Gasteiger partial charge in [-0.2, -0.15) is 0 Å². The molecule has 0 aliphatic carbocycles. The topological polar surface area (TPSA) is 9.86 Å². The molecule has 0 N–H and O–H groups in total. The van der Waals surface area contributed by atoms with Gasteiger partial charge in [-0.3, -0.25) is 0 Å². The predicted octanol–water partition coefficient (Wildman–Crippen LogP) is 0.442. The first kappa shape index (κ1) is 6.08. The molecule has 0 saturated heterocycles. The van der Waals surface area contributed by atoms with Crippen LogP contribution in [-0.4, -0.2) is 9.13 Å². The van der Waals surface area contributed by atoms with Gasteiger partial charge < -0.3 is 0 Å². The third-order valence-corrected chi connectivity index (χ3v) is 2.09. The van der Waals surface area contributed by atoms with Crippen LogP contribution in [0, 0.1) is 3.63 Å². The molecule has 0 aliphatic rings. The third-order valence-electron chi connectivity index (χ3n) is 1.04. The maximum absolute atomic E-state index is 3.39. The predicted molar refractivity (Wildman–Crippen MR) is 27.6 cm³/mol. The van der Waals surface area contributed by atoms with E-state index in [9.17, 15) is 0 Å². The first-order chi connectivity index (χ1) is 3.72. The minimum atomic E-state index is 1.08. The summed E-state index contributed by atoms with van der Waals surface area (Å²) in [5, 5.41) is 0. The molecule has 0 bridgehead atoms. The Bertz CT molecular complexity index is 210. The van der Waals surface area contributed by atoms with Gasteiger partial charge in [0, 0.05) is 0 Å². The number of rotatable bonds is 0. The van der Waals surface area contributed by atoms with Gasteiger partial charge in [-0.1, -0.05) is 0 Å². The molecular formula is C5H8AgN2. The molecule has 1 aromatic rings. The fourth-order valence-corrected chi connectivity index (χ4v) is 0.781. The van der Waals surface area contributed by atoms with Gasteiger partial charge in [0.1, 0.15) is 0 Å². The number of imidazole rings is 1. The van der Waals surface area contributed by atoms with Crippen molar-refractivity contribution in [2.24, 2.45) is 14.1 Å². The van der Waals surface area contributed by atoms with Crippen LogP contribution in [0.5, 0.6) is 0 Å². The van der Waals surface area contributed by atoms with Gasteiger partial charge in [0.2, 0.25) is 0 Å². The molecule has 1 aromatic heterocycles. The fourth-order valence-electron chi connectivity index (χ4n) is 0.560. The molecule has 49 valence electrons. The van der Waals surface area contributed by atoms with E-state index in [1.165, 1.54) is 0 Å². The molecule has 0 saturated carbocycles. The van der Waals surface area contributed by atoms with Crippen molar-refractivity contribution in [2.45, 2.75) is 0 Å². The molecular weight excluding hydrogens is 196 g/mol. The van der Waals surface area contributed by atoms with Crippen molar-refractivity contribution >= 4 is 0 Å². The summed E-state index contributed by atoms with van der Waals surface area (Å²) < 4.78 is 5.08. The van der Waals surface area contributed by atoms with Crippen molar-refractivity contribution in [2.75, 3.05) is 0 Å². The van der Waals surface area contributed by atoms with Crippen molar-refractivity contribution in [1.82, 2.24) is 9.13 Å². The van der Waals surface area contributed by atoms with E-state index >= 15 is 0 Å². The van der Waals surface area contributed by atoms with Crippen molar-refractivity contribution in [3.8, 4) is 0 Å². The van der Waals surface area contributed by atoms with Gasteiger partial charge in [0.15, 0.2) is 0 Å². The molecule has 0 amide bonds. The summed E-state index contributed by atoms with van der Waals surface area (Å²) in [6.45, 7) is 0. The fraction of sp³-hybridized carbons (Fsp3) is 0.400. The number of aromatic nitrogens is 2. The molecule has 1 rings (SSSR count). The Labute approximate surface area is 60.2 Å². The summed E-state index contributed by atoms with van der Waals surface area (Å²) in [5.41, 5.74) is 0. The van der Waals surface area contributed by atoms with Crippen LogP contribution in [0.3, 0.4) is 0 Å². The van der Waals surface area contributed by atoms with E-state index in [4.69, 9.17) is 0 Å². The third kappa shape index (κ3) is 0.869. The van der Waals surface area contributed by atoms with E-state index in [1.54, 1.807) is 0 Å². The second-order valence-corrected chi connectivity index (χ2v) is 2.42. The summed E-state index contributed by atoms with van der Waals surface area (Å²) in [4.78, 5) is 0. The van der Waals surface area contributed by atoms with Crippen molar-refractivity contribution in [1.29, 1.82) is 0 Å². The van der Waals surface area contributed by atoms with Crippen molar-refractivity contribution in [3.63, 3.8) is 0 Å². The Morgan fingerprint density at radius 3 is 1.75 bits per heavy atom. The molecule has 0 aromatic carbocycles. The molecule has 1 heterocycles. The summed E-state index contributed by atoms with van der Waals surface area (Å²) in [5.74, 6) is 0. The van der Waals surface area contributed by atoms with Crippen LogP contribution >= 0.6 is 0 Å². The van der Waals surface area contributed by atoms with Crippen molar-refractivity contribution in [3.05, 3.63) is 16.0 Å². The van der Waals surface area contributed by atoms with Gasteiger partial charge >= 0.3 is 59.9 Å². The van der Waals surface area contributed by atoms with Crippen LogP contribution in [0.1, 0.15) is 0 Å².